The van der Waals surface area contributed by atoms with Crippen LogP contribution >= 0.6 is 0 Å². The largest absolute Gasteiger partial charge is 0.497 e. The molecule has 2 saturated carbocycles. The molecule has 2 fully saturated rings. The first-order chi connectivity index (χ1) is 11.9. The van der Waals surface area contributed by atoms with E-state index in [-0.39, 0.29) is 17.5 Å². The molecule has 3 aliphatic rings. The lowest BCUT2D eigenvalue weighted by molar-refractivity contribution is -0.157. The second-order valence-electron chi connectivity index (χ2n) is 8.77. The molecule has 0 aromatic heterocycles. The number of fused-ring (bicyclic) bond motifs is 5. The molecule has 0 spiro atoms. The first-order valence-electron chi connectivity index (χ1n) is 9.78. The fourth-order valence-electron chi connectivity index (χ4n) is 6.43. The number of esters is 1. The summed E-state index contributed by atoms with van der Waals surface area (Å²) in [7, 11) is 1.74. The van der Waals surface area contributed by atoms with Crippen molar-refractivity contribution in [3.63, 3.8) is 0 Å². The zero-order valence-corrected chi connectivity index (χ0v) is 15.9. The monoisotopic (exact) mass is 342 g/mol. The molecule has 0 saturated heterocycles. The van der Waals surface area contributed by atoms with E-state index in [2.05, 4.69) is 32.0 Å². The Morgan fingerprint density at radius 3 is 2.80 bits per heavy atom. The molecule has 0 radical (unpaired) electrons. The van der Waals surface area contributed by atoms with Gasteiger partial charge in [0.1, 0.15) is 11.9 Å². The van der Waals surface area contributed by atoms with E-state index in [1.165, 1.54) is 24.8 Å². The minimum absolute atomic E-state index is 0.0909. The lowest BCUT2D eigenvalue weighted by atomic mass is 9.55. The van der Waals surface area contributed by atoms with Crippen LogP contribution in [-0.2, 0) is 16.0 Å². The van der Waals surface area contributed by atoms with E-state index in [0.717, 1.165) is 24.5 Å². The summed E-state index contributed by atoms with van der Waals surface area (Å²) in [5.41, 5.74) is 3.17. The normalized spacial score (nSPS) is 39.1. The lowest BCUT2D eigenvalue weighted by Crippen LogP contribution is -2.45. The van der Waals surface area contributed by atoms with Crippen LogP contribution in [0.2, 0.25) is 0 Å². The topological polar surface area (TPSA) is 35.5 Å². The minimum Gasteiger partial charge on any atom is -0.497 e. The van der Waals surface area contributed by atoms with Crippen molar-refractivity contribution in [1.29, 1.82) is 0 Å². The lowest BCUT2D eigenvalue weighted by Gasteiger charge is -2.50. The number of ether oxygens (including phenoxy) is 2. The van der Waals surface area contributed by atoms with Crippen molar-refractivity contribution in [3.8, 4) is 5.75 Å². The molecule has 3 aliphatic carbocycles. The summed E-state index contributed by atoms with van der Waals surface area (Å²) >= 11 is 0. The third kappa shape index (κ3) is 2.58. The van der Waals surface area contributed by atoms with Gasteiger partial charge in [0, 0.05) is 12.3 Å². The molecule has 3 nitrogen and oxygen atoms in total. The molecule has 136 valence electrons. The van der Waals surface area contributed by atoms with Gasteiger partial charge in [-0.15, -0.1) is 0 Å². The molecule has 4 rings (SSSR count). The highest BCUT2D eigenvalue weighted by Gasteiger charge is 2.58. The first kappa shape index (κ1) is 16.9. The average molecular weight is 342 g/mol. The van der Waals surface area contributed by atoms with Crippen molar-refractivity contribution in [2.75, 3.05) is 7.11 Å². The number of rotatable bonds is 2. The number of hydrogen-bond acceptors (Lipinski definition) is 3. The Kier molecular flexibility index (Phi) is 4.09. The Hall–Kier alpha value is -1.51. The summed E-state index contributed by atoms with van der Waals surface area (Å²) in [4.78, 5) is 11.6. The van der Waals surface area contributed by atoms with Crippen molar-refractivity contribution in [1.82, 2.24) is 0 Å². The first-order valence-corrected chi connectivity index (χ1v) is 9.78. The number of methoxy groups -OCH3 is 1. The van der Waals surface area contributed by atoms with E-state index < -0.39 is 0 Å². The van der Waals surface area contributed by atoms with Gasteiger partial charge in [0.05, 0.1) is 7.11 Å². The number of carbonyl (C=O) groups excluding carboxylic acids is 1. The van der Waals surface area contributed by atoms with Gasteiger partial charge in [-0.3, -0.25) is 4.79 Å². The quantitative estimate of drug-likeness (QED) is 0.729. The smallest absolute Gasteiger partial charge is 0.302 e. The molecule has 0 N–H and O–H groups in total. The van der Waals surface area contributed by atoms with E-state index in [9.17, 15) is 4.79 Å². The van der Waals surface area contributed by atoms with Crippen LogP contribution in [0.25, 0.3) is 0 Å². The predicted octanol–water partition coefficient (Wildman–Crippen LogP) is 4.73. The third-order valence-electron chi connectivity index (χ3n) is 7.46. The Morgan fingerprint density at radius 2 is 2.08 bits per heavy atom. The molecule has 25 heavy (non-hydrogen) atoms. The summed E-state index contributed by atoms with van der Waals surface area (Å²) in [6.45, 7) is 6.21. The molecule has 3 heteroatoms. The van der Waals surface area contributed by atoms with E-state index >= 15 is 0 Å². The molecular weight excluding hydrogens is 312 g/mol. The highest BCUT2D eigenvalue weighted by molar-refractivity contribution is 5.66. The van der Waals surface area contributed by atoms with Gasteiger partial charge in [-0.2, -0.15) is 0 Å². The number of benzene rings is 1. The van der Waals surface area contributed by atoms with Crippen LogP contribution in [0.3, 0.4) is 0 Å². The van der Waals surface area contributed by atoms with Crippen molar-refractivity contribution in [2.24, 2.45) is 23.2 Å². The Labute approximate surface area is 151 Å². The van der Waals surface area contributed by atoms with Crippen LogP contribution in [0.5, 0.6) is 5.75 Å². The average Bonchev–Trinajstić information content (AvgIpc) is 2.85. The summed E-state index contributed by atoms with van der Waals surface area (Å²) < 4.78 is 11.2. The minimum atomic E-state index is -0.123. The van der Waals surface area contributed by atoms with Gasteiger partial charge in [-0.25, -0.2) is 0 Å². The van der Waals surface area contributed by atoms with Gasteiger partial charge >= 0.3 is 5.97 Å². The van der Waals surface area contributed by atoms with Crippen molar-refractivity contribution < 1.29 is 14.3 Å². The molecule has 1 aromatic carbocycles. The number of carbonyl (C=O) groups is 1. The predicted molar refractivity (Wildman–Crippen MR) is 97.7 cm³/mol. The van der Waals surface area contributed by atoms with E-state index in [1.807, 2.05) is 0 Å². The van der Waals surface area contributed by atoms with Gasteiger partial charge < -0.3 is 9.47 Å². The van der Waals surface area contributed by atoms with Gasteiger partial charge in [-0.1, -0.05) is 19.9 Å². The Balaban J connectivity index is 1.64. The van der Waals surface area contributed by atoms with Gasteiger partial charge in [-0.05, 0) is 79.0 Å². The number of hydrogen-bond donors (Lipinski definition) is 0. The highest BCUT2D eigenvalue weighted by Crippen LogP contribution is 2.62. The van der Waals surface area contributed by atoms with E-state index in [0.29, 0.717) is 17.8 Å². The number of aryl methyl sites for hydroxylation is 1. The van der Waals surface area contributed by atoms with Crippen LogP contribution in [0, 0.1) is 23.2 Å². The van der Waals surface area contributed by atoms with Crippen LogP contribution in [0.1, 0.15) is 63.5 Å². The fraction of sp³-hybridized carbons (Fsp3) is 0.682. The molecule has 1 aromatic rings. The third-order valence-corrected chi connectivity index (χ3v) is 7.46. The summed E-state index contributed by atoms with van der Waals surface area (Å²) in [5, 5.41) is 0. The SMILES string of the molecule is COc1ccc2c(c1)CC[C@@H]1[C@@H]2CC[C@@]2(C)[C@H]1C[C@H](C)[C@@H]2OC(C)=O. The molecular formula is C22H30O3. The zero-order chi connectivity index (χ0) is 17.8. The zero-order valence-electron chi connectivity index (χ0n) is 15.9. The standard InChI is InChI=1S/C22H30O3/c1-13-11-20-19-7-5-15-12-16(24-4)6-8-17(15)18(19)9-10-22(20,3)21(13)25-14(2)23/h6,8,12-13,18-21H,5,7,9-11H2,1-4H3/t13-,18+,19+,20-,21-,22-/m0/s1. The molecule has 0 unspecified atom stereocenters. The maximum absolute atomic E-state index is 11.6. The summed E-state index contributed by atoms with van der Waals surface area (Å²) in [6, 6.07) is 6.65. The highest BCUT2D eigenvalue weighted by atomic mass is 16.5. The fourth-order valence-corrected chi connectivity index (χ4v) is 6.43. The Bertz CT molecular complexity index is 682. The van der Waals surface area contributed by atoms with Crippen LogP contribution < -0.4 is 4.74 Å². The Morgan fingerprint density at radius 1 is 1.28 bits per heavy atom. The van der Waals surface area contributed by atoms with Crippen LogP contribution in [-0.4, -0.2) is 19.2 Å². The van der Waals surface area contributed by atoms with Gasteiger partial charge in [0.15, 0.2) is 0 Å². The molecule has 6 atom stereocenters. The van der Waals surface area contributed by atoms with Crippen molar-refractivity contribution in [3.05, 3.63) is 29.3 Å². The van der Waals surface area contributed by atoms with E-state index in [4.69, 9.17) is 9.47 Å². The van der Waals surface area contributed by atoms with Gasteiger partial charge in [0.2, 0.25) is 0 Å². The van der Waals surface area contributed by atoms with E-state index in [1.54, 1.807) is 19.6 Å². The van der Waals surface area contributed by atoms with Crippen molar-refractivity contribution >= 4 is 5.97 Å². The van der Waals surface area contributed by atoms with Crippen LogP contribution in [0.4, 0.5) is 0 Å². The summed E-state index contributed by atoms with van der Waals surface area (Å²) in [6.07, 6.45) is 6.06. The molecule has 0 amide bonds. The van der Waals surface area contributed by atoms with Crippen LogP contribution in [0.15, 0.2) is 18.2 Å². The van der Waals surface area contributed by atoms with Crippen molar-refractivity contribution in [2.45, 2.75) is 64.9 Å². The molecule has 0 heterocycles. The van der Waals surface area contributed by atoms with Gasteiger partial charge in [0.25, 0.3) is 0 Å². The molecule has 0 aliphatic heterocycles. The summed E-state index contributed by atoms with van der Waals surface area (Å²) in [5.74, 6) is 3.37. The molecule has 0 bridgehead atoms. The maximum Gasteiger partial charge on any atom is 0.302 e. The second-order valence-corrected chi connectivity index (χ2v) is 8.77. The second kappa shape index (κ2) is 6.03. The maximum atomic E-state index is 11.6.